The molecule has 0 amide bonds. The Balaban J connectivity index is 4.26. The zero-order chi connectivity index (χ0) is 44.0. The minimum atomic E-state index is -0.762. The molecule has 6 nitrogen and oxygen atoms in total. The number of rotatable bonds is 48. The third-order valence-corrected chi connectivity index (χ3v) is 12.6. The number of carbonyl (C=O) groups is 3. The van der Waals surface area contributed by atoms with E-state index in [1.807, 2.05) is 0 Å². The van der Waals surface area contributed by atoms with Crippen molar-refractivity contribution >= 4 is 17.9 Å². The van der Waals surface area contributed by atoms with Gasteiger partial charge in [-0.3, -0.25) is 14.4 Å². The van der Waals surface area contributed by atoms with Crippen LogP contribution in [0, 0.1) is 11.8 Å². The lowest BCUT2D eigenvalue weighted by molar-refractivity contribution is -0.167. The van der Waals surface area contributed by atoms with Gasteiger partial charge in [0.05, 0.1) is 0 Å². The van der Waals surface area contributed by atoms with Crippen molar-refractivity contribution < 1.29 is 28.6 Å². The summed E-state index contributed by atoms with van der Waals surface area (Å²) in [7, 11) is 0. The monoisotopic (exact) mass is 849 g/mol. The molecule has 0 radical (unpaired) electrons. The minimum absolute atomic E-state index is 0.0643. The molecule has 1 unspecified atom stereocenters. The van der Waals surface area contributed by atoms with Crippen molar-refractivity contribution in [1.82, 2.24) is 0 Å². The summed E-state index contributed by atoms with van der Waals surface area (Å²) in [6, 6.07) is 0. The molecule has 6 heteroatoms. The molecule has 0 aliphatic heterocycles. The molecule has 0 aliphatic carbocycles. The first kappa shape index (κ1) is 58.4. The Kier molecular flexibility index (Phi) is 45.7. The summed E-state index contributed by atoms with van der Waals surface area (Å²) in [6.45, 7) is 11.4. The van der Waals surface area contributed by atoms with Gasteiger partial charge < -0.3 is 14.2 Å². The maximum atomic E-state index is 12.8. The number of ether oxygens (including phenoxy) is 3. The van der Waals surface area contributed by atoms with E-state index in [4.69, 9.17) is 14.2 Å². The Morgan fingerprint density at radius 2 is 0.633 bits per heavy atom. The second-order valence-corrected chi connectivity index (χ2v) is 19.2. The SMILES string of the molecule is CCCCCCCCCCCCCCCCCC(=O)OC[C@@H](COC(=O)CCCCCCCCCCCCCCCCC(C)C)OC(=O)CCCCCCCCC(C)CC. The number of unbranched alkanes of at least 4 members (excludes halogenated alkanes) is 32. The molecule has 0 aromatic rings. The third-order valence-electron chi connectivity index (χ3n) is 12.6. The fraction of sp³-hybridized carbons (Fsp3) is 0.944. The van der Waals surface area contributed by atoms with E-state index in [-0.39, 0.29) is 31.1 Å². The lowest BCUT2D eigenvalue weighted by Crippen LogP contribution is -2.30. The molecule has 0 spiro atoms. The van der Waals surface area contributed by atoms with E-state index in [1.54, 1.807) is 0 Å². The summed E-state index contributed by atoms with van der Waals surface area (Å²) < 4.78 is 16.8. The Morgan fingerprint density at radius 3 is 0.950 bits per heavy atom. The molecule has 0 bridgehead atoms. The van der Waals surface area contributed by atoms with Gasteiger partial charge >= 0.3 is 17.9 Å². The molecule has 0 rings (SSSR count). The summed E-state index contributed by atoms with van der Waals surface area (Å²) in [5.74, 6) is 0.806. The lowest BCUT2D eigenvalue weighted by Gasteiger charge is -2.18. The molecule has 0 fully saturated rings. The van der Waals surface area contributed by atoms with E-state index < -0.39 is 6.10 Å². The van der Waals surface area contributed by atoms with Gasteiger partial charge in [-0.25, -0.2) is 0 Å². The van der Waals surface area contributed by atoms with Crippen molar-refractivity contribution in [2.24, 2.45) is 11.8 Å². The van der Waals surface area contributed by atoms with Crippen LogP contribution in [0.15, 0.2) is 0 Å². The highest BCUT2D eigenvalue weighted by atomic mass is 16.6. The number of hydrogen-bond donors (Lipinski definition) is 0. The first-order valence-corrected chi connectivity index (χ1v) is 26.8. The molecule has 0 aliphatic rings. The smallest absolute Gasteiger partial charge is 0.306 e. The van der Waals surface area contributed by atoms with Crippen LogP contribution in [0.25, 0.3) is 0 Å². The molecule has 0 saturated carbocycles. The molecule has 0 heterocycles. The largest absolute Gasteiger partial charge is 0.462 e. The van der Waals surface area contributed by atoms with Gasteiger partial charge in [0.2, 0.25) is 0 Å². The molecule has 60 heavy (non-hydrogen) atoms. The van der Waals surface area contributed by atoms with Crippen LogP contribution in [0.1, 0.15) is 298 Å². The number of esters is 3. The molecular formula is C54H104O6. The van der Waals surface area contributed by atoms with E-state index in [0.717, 1.165) is 69.6 Å². The number of hydrogen-bond acceptors (Lipinski definition) is 6. The van der Waals surface area contributed by atoms with Crippen LogP contribution < -0.4 is 0 Å². The van der Waals surface area contributed by atoms with Gasteiger partial charge in [0, 0.05) is 19.3 Å². The molecule has 0 N–H and O–H groups in total. The average molecular weight is 849 g/mol. The van der Waals surface area contributed by atoms with Crippen LogP contribution in [0.2, 0.25) is 0 Å². The summed E-state index contributed by atoms with van der Waals surface area (Å²) in [4.78, 5) is 38.0. The molecule has 2 atom stereocenters. The van der Waals surface area contributed by atoms with E-state index in [1.165, 1.54) is 186 Å². The second-order valence-electron chi connectivity index (χ2n) is 19.2. The Hall–Kier alpha value is -1.59. The van der Waals surface area contributed by atoms with Crippen molar-refractivity contribution in [3.8, 4) is 0 Å². The summed E-state index contributed by atoms with van der Waals surface area (Å²) in [5.41, 5.74) is 0. The molecule has 356 valence electrons. The van der Waals surface area contributed by atoms with E-state index >= 15 is 0 Å². The fourth-order valence-electron chi connectivity index (χ4n) is 8.13. The van der Waals surface area contributed by atoms with E-state index in [9.17, 15) is 14.4 Å². The fourth-order valence-corrected chi connectivity index (χ4v) is 8.13. The molecule has 0 saturated heterocycles. The zero-order valence-electron chi connectivity index (χ0n) is 41.1. The highest BCUT2D eigenvalue weighted by molar-refractivity contribution is 5.71. The van der Waals surface area contributed by atoms with Gasteiger partial charge in [-0.05, 0) is 31.1 Å². The van der Waals surface area contributed by atoms with Crippen LogP contribution in [-0.4, -0.2) is 37.2 Å². The lowest BCUT2D eigenvalue weighted by atomic mass is 10.00. The van der Waals surface area contributed by atoms with Gasteiger partial charge in [-0.15, -0.1) is 0 Å². The van der Waals surface area contributed by atoms with Crippen molar-refractivity contribution in [3.63, 3.8) is 0 Å². The normalized spacial score (nSPS) is 12.5. The Labute approximate surface area is 374 Å². The summed E-state index contributed by atoms with van der Waals surface area (Å²) >= 11 is 0. The Bertz CT molecular complexity index is 918. The van der Waals surface area contributed by atoms with Gasteiger partial charge in [-0.2, -0.15) is 0 Å². The highest BCUT2D eigenvalue weighted by Gasteiger charge is 2.19. The molecular weight excluding hydrogens is 745 g/mol. The molecule has 0 aromatic carbocycles. The standard InChI is InChI=1S/C54H104O6/c1-6-8-9-10-11-12-13-14-15-19-22-25-28-34-39-44-52(55)58-47-51(60-54(57)46-41-36-31-30-33-38-43-50(5)7-2)48-59-53(56)45-40-35-29-26-23-20-17-16-18-21-24-27-32-37-42-49(3)4/h49-51H,6-48H2,1-5H3/t50?,51-/m0/s1. The maximum Gasteiger partial charge on any atom is 0.306 e. The summed E-state index contributed by atoms with van der Waals surface area (Å²) in [6.07, 6.45) is 48.1. The second kappa shape index (κ2) is 46.9. The third kappa shape index (κ3) is 45.9. The van der Waals surface area contributed by atoms with E-state index in [2.05, 4.69) is 34.6 Å². The van der Waals surface area contributed by atoms with Gasteiger partial charge in [-0.1, -0.05) is 259 Å². The first-order valence-electron chi connectivity index (χ1n) is 26.8. The van der Waals surface area contributed by atoms with Crippen LogP contribution in [0.4, 0.5) is 0 Å². The van der Waals surface area contributed by atoms with Crippen molar-refractivity contribution in [1.29, 1.82) is 0 Å². The van der Waals surface area contributed by atoms with Crippen LogP contribution in [-0.2, 0) is 28.6 Å². The predicted octanol–water partition coefficient (Wildman–Crippen LogP) is 17.3. The van der Waals surface area contributed by atoms with Crippen molar-refractivity contribution in [2.45, 2.75) is 304 Å². The van der Waals surface area contributed by atoms with Crippen LogP contribution >= 0.6 is 0 Å². The van der Waals surface area contributed by atoms with Crippen LogP contribution in [0.3, 0.4) is 0 Å². The van der Waals surface area contributed by atoms with E-state index in [0.29, 0.717) is 19.3 Å². The molecule has 0 aromatic heterocycles. The Morgan fingerprint density at radius 1 is 0.350 bits per heavy atom. The van der Waals surface area contributed by atoms with Gasteiger partial charge in [0.15, 0.2) is 6.10 Å². The minimum Gasteiger partial charge on any atom is -0.462 e. The highest BCUT2D eigenvalue weighted by Crippen LogP contribution is 2.18. The first-order chi connectivity index (χ1) is 29.3. The topological polar surface area (TPSA) is 78.9 Å². The van der Waals surface area contributed by atoms with Crippen molar-refractivity contribution in [2.75, 3.05) is 13.2 Å². The average Bonchev–Trinajstić information content (AvgIpc) is 3.23. The predicted molar refractivity (Wildman–Crippen MR) is 256 cm³/mol. The number of carbonyl (C=O) groups excluding carboxylic acids is 3. The van der Waals surface area contributed by atoms with Crippen molar-refractivity contribution in [3.05, 3.63) is 0 Å². The zero-order valence-corrected chi connectivity index (χ0v) is 41.1. The quantitative estimate of drug-likeness (QED) is 0.0345. The maximum absolute atomic E-state index is 12.8. The summed E-state index contributed by atoms with van der Waals surface area (Å²) in [5, 5.41) is 0. The van der Waals surface area contributed by atoms with Gasteiger partial charge in [0.1, 0.15) is 13.2 Å². The van der Waals surface area contributed by atoms with Gasteiger partial charge in [0.25, 0.3) is 0 Å². The van der Waals surface area contributed by atoms with Crippen LogP contribution in [0.5, 0.6) is 0 Å².